The second-order valence-electron chi connectivity index (χ2n) is 13.6. The lowest BCUT2D eigenvalue weighted by molar-refractivity contribution is 0.564. The number of benzene rings is 7. The number of para-hydroxylation sites is 3. The molecule has 3 nitrogen and oxygen atoms in total. The Labute approximate surface area is 300 Å². The third-order valence-corrected chi connectivity index (χ3v) is 10.7. The molecule has 0 bridgehead atoms. The van der Waals surface area contributed by atoms with Gasteiger partial charge >= 0.3 is 0 Å². The Morgan fingerprint density at radius 2 is 1.15 bits per heavy atom. The van der Waals surface area contributed by atoms with Gasteiger partial charge in [0, 0.05) is 44.6 Å². The zero-order valence-corrected chi connectivity index (χ0v) is 28.3. The van der Waals surface area contributed by atoms with E-state index in [-0.39, 0.29) is 0 Å². The predicted molar refractivity (Wildman–Crippen MR) is 218 cm³/mol. The van der Waals surface area contributed by atoms with E-state index in [1.54, 1.807) is 0 Å². The van der Waals surface area contributed by atoms with Crippen molar-refractivity contribution in [3.8, 4) is 22.3 Å². The van der Waals surface area contributed by atoms with Gasteiger partial charge in [0.2, 0.25) is 0 Å². The fourth-order valence-corrected chi connectivity index (χ4v) is 8.51. The summed E-state index contributed by atoms with van der Waals surface area (Å²) in [6.07, 6.45) is 7.39. The second kappa shape index (κ2) is 11.3. The fourth-order valence-electron chi connectivity index (χ4n) is 8.51. The zero-order valence-electron chi connectivity index (χ0n) is 28.3. The van der Waals surface area contributed by atoms with Gasteiger partial charge in [-0.25, -0.2) is 0 Å². The van der Waals surface area contributed by atoms with Gasteiger partial charge < -0.3 is 13.7 Å². The van der Waals surface area contributed by atoms with Crippen molar-refractivity contribution in [2.24, 2.45) is 0 Å². The monoisotopic (exact) mass is 664 g/mol. The number of hydrogen-bond acceptors (Lipinski definition) is 2. The lowest BCUT2D eigenvalue weighted by Crippen LogP contribution is -2.16. The Kier molecular flexibility index (Phi) is 6.31. The Balaban J connectivity index is 1.28. The minimum atomic E-state index is 0.723. The Morgan fingerprint density at radius 1 is 0.519 bits per heavy atom. The SMILES string of the molecule is C1=CCc2oc3ccccc3c2C(N(c2cc(-c3ccccc3)cc(-c3ccccc3)c2)c2cccc3c2c2cccc4c5ccccc5n3c42)=C1. The molecule has 3 heterocycles. The van der Waals surface area contributed by atoms with Crippen LogP contribution in [0.1, 0.15) is 11.3 Å². The first kappa shape index (κ1) is 28.9. The summed E-state index contributed by atoms with van der Waals surface area (Å²) in [6, 6.07) is 59.2. The van der Waals surface area contributed by atoms with Crippen LogP contribution in [0.25, 0.3) is 77.0 Å². The van der Waals surface area contributed by atoms with Crippen molar-refractivity contribution in [2.75, 3.05) is 4.90 Å². The molecule has 0 aliphatic heterocycles. The largest absolute Gasteiger partial charge is 0.460 e. The maximum atomic E-state index is 6.61. The molecule has 0 saturated heterocycles. The number of rotatable bonds is 5. The van der Waals surface area contributed by atoms with Crippen LogP contribution in [0.3, 0.4) is 0 Å². The topological polar surface area (TPSA) is 20.8 Å². The first-order chi connectivity index (χ1) is 25.8. The molecule has 0 N–H and O–H groups in total. The van der Waals surface area contributed by atoms with Gasteiger partial charge in [0.1, 0.15) is 11.3 Å². The molecule has 1 aliphatic rings. The van der Waals surface area contributed by atoms with E-state index in [1.807, 2.05) is 0 Å². The van der Waals surface area contributed by atoms with Crippen LogP contribution in [-0.4, -0.2) is 4.40 Å². The Morgan fingerprint density at radius 3 is 1.94 bits per heavy atom. The highest BCUT2D eigenvalue weighted by atomic mass is 16.3. The molecule has 244 valence electrons. The minimum Gasteiger partial charge on any atom is -0.460 e. The molecule has 0 saturated carbocycles. The van der Waals surface area contributed by atoms with Gasteiger partial charge in [0.25, 0.3) is 0 Å². The van der Waals surface area contributed by atoms with Crippen molar-refractivity contribution in [3.63, 3.8) is 0 Å². The van der Waals surface area contributed by atoms with Crippen LogP contribution in [0.2, 0.25) is 0 Å². The van der Waals surface area contributed by atoms with Crippen LogP contribution in [-0.2, 0) is 6.42 Å². The molecule has 52 heavy (non-hydrogen) atoms. The summed E-state index contributed by atoms with van der Waals surface area (Å²) in [7, 11) is 0. The van der Waals surface area contributed by atoms with Gasteiger partial charge in [-0.15, -0.1) is 0 Å². The van der Waals surface area contributed by atoms with Crippen LogP contribution < -0.4 is 4.90 Å². The molecule has 0 radical (unpaired) electrons. The van der Waals surface area contributed by atoms with E-state index in [4.69, 9.17) is 4.42 Å². The summed E-state index contributed by atoms with van der Waals surface area (Å²) in [5.41, 5.74) is 13.7. The third-order valence-electron chi connectivity index (χ3n) is 10.7. The van der Waals surface area contributed by atoms with Gasteiger partial charge in [0.15, 0.2) is 0 Å². The average molecular weight is 665 g/mol. The van der Waals surface area contributed by atoms with Crippen LogP contribution in [0.15, 0.2) is 186 Å². The van der Waals surface area contributed by atoms with Crippen molar-refractivity contribution in [1.82, 2.24) is 4.40 Å². The molecule has 0 atom stereocenters. The smallest absolute Gasteiger partial charge is 0.135 e. The average Bonchev–Trinajstić information content (AvgIpc) is 3.82. The number of aromatic nitrogens is 1. The van der Waals surface area contributed by atoms with Gasteiger partial charge in [-0.2, -0.15) is 0 Å². The summed E-state index contributed by atoms with van der Waals surface area (Å²) in [5.74, 6) is 0.973. The molecule has 11 rings (SSSR count). The predicted octanol–water partition coefficient (Wildman–Crippen LogP) is 13.2. The first-order valence-corrected chi connectivity index (χ1v) is 17.9. The summed E-state index contributed by atoms with van der Waals surface area (Å²) in [4.78, 5) is 2.49. The summed E-state index contributed by atoms with van der Waals surface area (Å²) >= 11 is 0. The summed E-state index contributed by atoms with van der Waals surface area (Å²) in [5, 5.41) is 6.14. The van der Waals surface area contributed by atoms with E-state index in [0.29, 0.717) is 0 Å². The van der Waals surface area contributed by atoms with Gasteiger partial charge in [-0.3, -0.25) is 0 Å². The number of hydrogen-bond donors (Lipinski definition) is 0. The number of nitrogens with zero attached hydrogens (tertiary/aromatic N) is 2. The fraction of sp³-hybridized carbons (Fsp3) is 0.0204. The maximum absolute atomic E-state index is 6.61. The van der Waals surface area contributed by atoms with Crippen LogP contribution in [0, 0.1) is 0 Å². The van der Waals surface area contributed by atoms with Gasteiger partial charge in [-0.05, 0) is 70.8 Å². The molecular formula is C49H32N2O. The van der Waals surface area contributed by atoms with E-state index in [9.17, 15) is 0 Å². The van der Waals surface area contributed by atoms with Crippen molar-refractivity contribution >= 4 is 66.1 Å². The van der Waals surface area contributed by atoms with Gasteiger partial charge in [-0.1, -0.05) is 133 Å². The highest BCUT2D eigenvalue weighted by Crippen LogP contribution is 2.49. The van der Waals surface area contributed by atoms with E-state index < -0.39 is 0 Å². The number of allylic oxidation sites excluding steroid dienone is 3. The standard InChI is InChI=1S/C49H32N2O/c1-3-15-32(16-4-1)34-29-35(33-17-5-2-6-18-33)31-36(30-34)50(44-24-10-12-28-46-48(44)39-20-8-11-27-45(39)52-46)42-25-14-26-43-47(42)40-22-13-21-38-37-19-7-9-23-41(37)51(43)49(38)40/h1-27,29-31H,28H2. The van der Waals surface area contributed by atoms with Crippen molar-refractivity contribution in [1.29, 1.82) is 0 Å². The molecule has 0 amide bonds. The highest BCUT2D eigenvalue weighted by molar-refractivity contribution is 6.26. The number of furan rings is 1. The van der Waals surface area contributed by atoms with Crippen LogP contribution in [0.4, 0.5) is 11.4 Å². The lowest BCUT2D eigenvalue weighted by atomic mass is 9.96. The molecule has 10 aromatic rings. The van der Waals surface area contributed by atoms with Gasteiger partial charge in [0.05, 0.1) is 27.9 Å². The molecule has 3 heteroatoms. The number of anilines is 2. The quantitative estimate of drug-likeness (QED) is 0.183. The van der Waals surface area contributed by atoms with Crippen molar-refractivity contribution < 1.29 is 4.42 Å². The molecule has 1 aliphatic carbocycles. The molecule has 0 spiro atoms. The minimum absolute atomic E-state index is 0.723. The van der Waals surface area contributed by atoms with E-state index in [0.717, 1.165) is 56.9 Å². The summed E-state index contributed by atoms with van der Waals surface area (Å²) in [6.45, 7) is 0. The maximum Gasteiger partial charge on any atom is 0.135 e. The summed E-state index contributed by atoms with van der Waals surface area (Å²) < 4.78 is 9.08. The van der Waals surface area contributed by atoms with Crippen molar-refractivity contribution in [3.05, 3.63) is 193 Å². The molecule has 3 aromatic heterocycles. The Bertz CT molecular complexity index is 2980. The molecule has 0 unspecified atom stereocenters. The Hall–Kier alpha value is -6.84. The first-order valence-electron chi connectivity index (χ1n) is 17.9. The third kappa shape index (κ3) is 4.26. The second-order valence-corrected chi connectivity index (χ2v) is 13.6. The highest BCUT2D eigenvalue weighted by Gasteiger charge is 2.28. The van der Waals surface area contributed by atoms with E-state index in [2.05, 4.69) is 191 Å². The molecule has 0 fully saturated rings. The van der Waals surface area contributed by atoms with E-state index >= 15 is 0 Å². The van der Waals surface area contributed by atoms with Crippen LogP contribution in [0.5, 0.6) is 0 Å². The lowest BCUT2D eigenvalue weighted by Gasteiger charge is -2.30. The molecule has 7 aromatic carbocycles. The number of fused-ring (bicyclic) bond motifs is 9. The molecular weight excluding hydrogens is 633 g/mol. The normalized spacial score (nSPS) is 13.0. The van der Waals surface area contributed by atoms with E-state index in [1.165, 1.54) is 49.2 Å². The zero-order chi connectivity index (χ0) is 34.2. The van der Waals surface area contributed by atoms with Crippen molar-refractivity contribution in [2.45, 2.75) is 6.42 Å². The van der Waals surface area contributed by atoms with Crippen LogP contribution >= 0.6 is 0 Å².